The van der Waals surface area contributed by atoms with Crippen LogP contribution in [0.15, 0.2) is 42.5 Å². The third kappa shape index (κ3) is 3.88. The highest BCUT2D eigenvalue weighted by Gasteiger charge is 2.12. The van der Waals surface area contributed by atoms with Gasteiger partial charge >= 0.3 is 5.97 Å². The van der Waals surface area contributed by atoms with E-state index in [1.54, 1.807) is 24.3 Å². The van der Waals surface area contributed by atoms with Crippen molar-refractivity contribution in [2.75, 3.05) is 12.4 Å². The summed E-state index contributed by atoms with van der Waals surface area (Å²) in [5.41, 5.74) is 0.903. The first-order valence-electron chi connectivity index (χ1n) is 6.42. The predicted octanol–water partition coefficient (Wildman–Crippen LogP) is 2.93. The van der Waals surface area contributed by atoms with Gasteiger partial charge in [0.25, 0.3) is 5.91 Å². The molecular weight excluding hydrogens is 292 g/mol. The van der Waals surface area contributed by atoms with Crippen molar-refractivity contribution in [3.63, 3.8) is 0 Å². The largest absolute Gasteiger partial charge is 0.469 e. The lowest BCUT2D eigenvalue weighted by Gasteiger charge is -2.07. The zero-order valence-electron chi connectivity index (χ0n) is 11.7. The first-order chi connectivity index (χ1) is 10.5. The Hall–Kier alpha value is -2.76. The lowest BCUT2D eigenvalue weighted by Crippen LogP contribution is -2.14. The van der Waals surface area contributed by atoms with Crippen LogP contribution in [-0.2, 0) is 16.0 Å². The van der Waals surface area contributed by atoms with E-state index in [9.17, 15) is 18.4 Å². The minimum absolute atomic E-state index is 0.122. The summed E-state index contributed by atoms with van der Waals surface area (Å²) in [7, 11) is 1.30. The van der Waals surface area contributed by atoms with Gasteiger partial charge in [-0.05, 0) is 29.8 Å². The van der Waals surface area contributed by atoms with E-state index in [1.807, 2.05) is 0 Å². The fourth-order valence-corrected chi connectivity index (χ4v) is 1.82. The second-order valence-corrected chi connectivity index (χ2v) is 4.53. The average molecular weight is 305 g/mol. The van der Waals surface area contributed by atoms with E-state index >= 15 is 0 Å². The molecule has 22 heavy (non-hydrogen) atoms. The van der Waals surface area contributed by atoms with Crippen LogP contribution in [0.2, 0.25) is 0 Å². The summed E-state index contributed by atoms with van der Waals surface area (Å²) in [6.45, 7) is 0. The van der Waals surface area contributed by atoms with Crippen LogP contribution in [0, 0.1) is 11.6 Å². The molecule has 6 heteroatoms. The summed E-state index contributed by atoms with van der Waals surface area (Å²) >= 11 is 0. The molecule has 0 aliphatic heterocycles. The molecule has 0 bridgehead atoms. The minimum atomic E-state index is -0.931. The number of methoxy groups -OCH3 is 1. The quantitative estimate of drug-likeness (QED) is 0.884. The normalized spacial score (nSPS) is 10.1. The number of ether oxygens (including phenoxy) is 1. The maximum absolute atomic E-state index is 13.5. The van der Waals surface area contributed by atoms with E-state index in [-0.39, 0.29) is 18.0 Å². The molecule has 0 spiro atoms. The molecule has 2 aromatic carbocycles. The summed E-state index contributed by atoms with van der Waals surface area (Å²) < 4.78 is 30.9. The van der Waals surface area contributed by atoms with E-state index in [2.05, 4.69) is 10.1 Å². The van der Waals surface area contributed by atoms with Crippen LogP contribution in [0.5, 0.6) is 0 Å². The Kier molecular flexibility index (Phi) is 4.83. The Labute approximate surface area is 125 Å². The molecule has 0 heterocycles. The fourth-order valence-electron chi connectivity index (χ4n) is 1.82. The predicted molar refractivity (Wildman–Crippen MR) is 76.5 cm³/mol. The van der Waals surface area contributed by atoms with Crippen molar-refractivity contribution in [2.24, 2.45) is 0 Å². The number of hydrogen-bond acceptors (Lipinski definition) is 3. The van der Waals surface area contributed by atoms with Gasteiger partial charge in [0.2, 0.25) is 0 Å². The lowest BCUT2D eigenvalue weighted by atomic mass is 10.1. The van der Waals surface area contributed by atoms with Crippen molar-refractivity contribution in [1.82, 2.24) is 0 Å². The molecule has 0 atom stereocenters. The van der Waals surface area contributed by atoms with E-state index in [1.165, 1.54) is 7.11 Å². The Morgan fingerprint density at radius 1 is 1.09 bits per heavy atom. The highest BCUT2D eigenvalue weighted by molar-refractivity contribution is 6.04. The van der Waals surface area contributed by atoms with Gasteiger partial charge in [0.15, 0.2) is 0 Å². The third-order valence-electron chi connectivity index (χ3n) is 2.96. The van der Waals surface area contributed by atoms with Crippen LogP contribution >= 0.6 is 0 Å². The average Bonchev–Trinajstić information content (AvgIpc) is 2.49. The molecule has 0 aliphatic carbocycles. The van der Waals surface area contributed by atoms with Crippen molar-refractivity contribution >= 4 is 17.6 Å². The van der Waals surface area contributed by atoms with Gasteiger partial charge < -0.3 is 10.1 Å². The molecule has 0 radical (unpaired) electrons. The number of hydrogen-bond donors (Lipinski definition) is 1. The SMILES string of the molecule is COC(=O)Cc1ccc(NC(=O)c2ccc(F)cc2F)cc1. The van der Waals surface area contributed by atoms with Crippen LogP contribution in [0.3, 0.4) is 0 Å². The lowest BCUT2D eigenvalue weighted by molar-refractivity contribution is -0.139. The molecule has 1 N–H and O–H groups in total. The van der Waals surface area contributed by atoms with E-state index in [0.717, 1.165) is 17.7 Å². The molecule has 0 aromatic heterocycles. The molecule has 0 saturated heterocycles. The topological polar surface area (TPSA) is 55.4 Å². The van der Waals surface area contributed by atoms with Gasteiger partial charge in [0.1, 0.15) is 11.6 Å². The molecule has 1 amide bonds. The molecule has 0 fully saturated rings. The monoisotopic (exact) mass is 305 g/mol. The van der Waals surface area contributed by atoms with Crippen LogP contribution < -0.4 is 5.32 Å². The number of anilines is 1. The van der Waals surface area contributed by atoms with Crippen molar-refractivity contribution < 1.29 is 23.1 Å². The summed E-state index contributed by atoms with van der Waals surface area (Å²) in [5.74, 6) is -2.73. The number of esters is 1. The highest BCUT2D eigenvalue weighted by atomic mass is 19.1. The second kappa shape index (κ2) is 6.80. The van der Waals surface area contributed by atoms with Gasteiger partial charge in [0, 0.05) is 11.8 Å². The van der Waals surface area contributed by atoms with Crippen LogP contribution in [0.4, 0.5) is 14.5 Å². The minimum Gasteiger partial charge on any atom is -0.469 e. The third-order valence-corrected chi connectivity index (χ3v) is 2.96. The van der Waals surface area contributed by atoms with Crippen LogP contribution in [-0.4, -0.2) is 19.0 Å². The first kappa shape index (κ1) is 15.6. The molecule has 0 saturated carbocycles. The van der Waals surface area contributed by atoms with E-state index < -0.39 is 17.5 Å². The number of carbonyl (C=O) groups excluding carboxylic acids is 2. The van der Waals surface area contributed by atoms with Gasteiger partial charge in [-0.25, -0.2) is 8.78 Å². The fraction of sp³-hybridized carbons (Fsp3) is 0.125. The van der Waals surface area contributed by atoms with Gasteiger partial charge in [-0.2, -0.15) is 0 Å². The molecule has 0 unspecified atom stereocenters. The summed E-state index contributed by atoms with van der Waals surface area (Å²) in [5, 5.41) is 2.50. The number of carbonyl (C=O) groups is 2. The number of halogens is 2. The van der Waals surface area contributed by atoms with Gasteiger partial charge in [-0.1, -0.05) is 12.1 Å². The smallest absolute Gasteiger partial charge is 0.309 e. The number of benzene rings is 2. The highest BCUT2D eigenvalue weighted by Crippen LogP contribution is 2.14. The standard InChI is InChI=1S/C16H13F2NO3/c1-22-15(20)8-10-2-5-12(6-3-10)19-16(21)13-7-4-11(17)9-14(13)18/h2-7,9H,8H2,1H3,(H,19,21). The van der Waals surface area contributed by atoms with Gasteiger partial charge in [-0.15, -0.1) is 0 Å². The Morgan fingerprint density at radius 3 is 2.36 bits per heavy atom. The molecular formula is C16H13F2NO3. The second-order valence-electron chi connectivity index (χ2n) is 4.53. The molecule has 0 aliphatic rings. The van der Waals surface area contributed by atoms with Crippen molar-refractivity contribution in [3.8, 4) is 0 Å². The van der Waals surface area contributed by atoms with Crippen LogP contribution in [0.25, 0.3) is 0 Å². The van der Waals surface area contributed by atoms with E-state index in [4.69, 9.17) is 0 Å². The Balaban J connectivity index is 2.07. The Morgan fingerprint density at radius 2 is 1.77 bits per heavy atom. The van der Waals surface area contributed by atoms with Crippen molar-refractivity contribution in [2.45, 2.75) is 6.42 Å². The zero-order valence-corrected chi connectivity index (χ0v) is 11.7. The first-order valence-corrected chi connectivity index (χ1v) is 6.42. The molecule has 4 nitrogen and oxygen atoms in total. The molecule has 114 valence electrons. The molecule has 2 aromatic rings. The van der Waals surface area contributed by atoms with Gasteiger partial charge in [0.05, 0.1) is 19.1 Å². The van der Waals surface area contributed by atoms with Crippen molar-refractivity contribution in [3.05, 3.63) is 65.2 Å². The number of nitrogens with one attached hydrogen (secondary N) is 1. The van der Waals surface area contributed by atoms with Gasteiger partial charge in [-0.3, -0.25) is 9.59 Å². The number of amides is 1. The zero-order chi connectivity index (χ0) is 16.1. The number of rotatable bonds is 4. The Bertz CT molecular complexity index is 699. The van der Waals surface area contributed by atoms with Crippen molar-refractivity contribution in [1.29, 1.82) is 0 Å². The maximum atomic E-state index is 13.5. The van der Waals surface area contributed by atoms with E-state index in [0.29, 0.717) is 11.8 Å². The summed E-state index contributed by atoms with van der Waals surface area (Å²) in [6.07, 6.45) is 0.122. The summed E-state index contributed by atoms with van der Waals surface area (Å²) in [4.78, 5) is 23.0. The molecule has 2 rings (SSSR count). The van der Waals surface area contributed by atoms with Crippen LogP contribution in [0.1, 0.15) is 15.9 Å². The maximum Gasteiger partial charge on any atom is 0.309 e. The summed E-state index contributed by atoms with van der Waals surface area (Å²) in [6, 6.07) is 9.19.